The summed E-state index contributed by atoms with van der Waals surface area (Å²) < 4.78 is 7.08. The third kappa shape index (κ3) is 4.59. The topological polar surface area (TPSA) is 63.9 Å². The zero-order valence-electron chi connectivity index (χ0n) is 17.0. The second-order valence-electron chi connectivity index (χ2n) is 7.18. The Labute approximate surface area is 176 Å². The van der Waals surface area contributed by atoms with Gasteiger partial charge in [-0.3, -0.25) is 0 Å². The smallest absolute Gasteiger partial charge is 0.123 e. The van der Waals surface area contributed by atoms with Gasteiger partial charge >= 0.3 is 0 Å². The van der Waals surface area contributed by atoms with Crippen molar-refractivity contribution in [2.45, 2.75) is 19.2 Å². The van der Waals surface area contributed by atoms with Crippen LogP contribution in [0.4, 0.5) is 0 Å². The molecule has 0 radical (unpaired) electrons. The first kappa shape index (κ1) is 19.9. The Hall–Kier alpha value is -3.41. The van der Waals surface area contributed by atoms with Crippen LogP contribution < -0.4 is 10.1 Å². The first-order valence-electron chi connectivity index (χ1n) is 10.1. The minimum Gasteiger partial charge on any atom is -0.497 e. The maximum Gasteiger partial charge on any atom is 0.123 e. The predicted molar refractivity (Wildman–Crippen MR) is 116 cm³/mol. The molecule has 0 amide bonds. The van der Waals surface area contributed by atoms with E-state index >= 15 is 0 Å². The largest absolute Gasteiger partial charge is 0.497 e. The predicted octanol–water partition coefficient (Wildman–Crippen LogP) is 3.23. The molecule has 0 spiro atoms. The van der Waals surface area contributed by atoms with Crippen molar-refractivity contribution in [3.05, 3.63) is 114 Å². The van der Waals surface area contributed by atoms with Gasteiger partial charge in [0.1, 0.15) is 30.6 Å². The maximum atomic E-state index is 11.0. The number of rotatable bonds is 8. The molecular formula is C25H26N3O2+. The van der Waals surface area contributed by atoms with E-state index in [1.807, 2.05) is 71.5 Å². The van der Waals surface area contributed by atoms with Gasteiger partial charge in [-0.25, -0.2) is 4.68 Å². The number of quaternary nitrogens is 1. The summed E-state index contributed by atoms with van der Waals surface area (Å²) in [7, 11) is 1.65. The molecule has 5 heteroatoms. The van der Waals surface area contributed by atoms with Crippen molar-refractivity contribution in [1.29, 1.82) is 0 Å². The number of aliphatic hydroxyl groups is 1. The van der Waals surface area contributed by atoms with Crippen molar-refractivity contribution >= 4 is 0 Å². The van der Waals surface area contributed by atoms with E-state index in [0.29, 0.717) is 5.69 Å². The average Bonchev–Trinajstić information content (AvgIpc) is 3.24. The van der Waals surface area contributed by atoms with E-state index < -0.39 is 6.10 Å². The fourth-order valence-corrected chi connectivity index (χ4v) is 3.48. The molecule has 3 aromatic carbocycles. The molecule has 0 aliphatic rings. The Bertz CT molecular complexity index is 1060. The van der Waals surface area contributed by atoms with Crippen LogP contribution >= 0.6 is 0 Å². The summed E-state index contributed by atoms with van der Waals surface area (Å²) in [5, 5.41) is 18.0. The summed E-state index contributed by atoms with van der Waals surface area (Å²) in [6.45, 7) is 1.60. The Morgan fingerprint density at radius 2 is 1.57 bits per heavy atom. The van der Waals surface area contributed by atoms with Gasteiger partial charge in [0.25, 0.3) is 0 Å². The summed E-state index contributed by atoms with van der Waals surface area (Å²) in [4.78, 5) is 0. The first-order valence-corrected chi connectivity index (χ1v) is 10.1. The summed E-state index contributed by atoms with van der Waals surface area (Å²) >= 11 is 0. The van der Waals surface area contributed by atoms with Gasteiger partial charge in [0.2, 0.25) is 0 Å². The first-order chi connectivity index (χ1) is 14.7. The van der Waals surface area contributed by atoms with E-state index in [-0.39, 0.29) is 0 Å². The molecule has 1 aromatic heterocycles. The lowest BCUT2D eigenvalue weighted by atomic mass is 10.0. The van der Waals surface area contributed by atoms with Crippen LogP contribution in [0.5, 0.6) is 5.75 Å². The zero-order chi connectivity index (χ0) is 20.8. The van der Waals surface area contributed by atoms with E-state index in [0.717, 1.165) is 35.7 Å². The number of ether oxygens (including phenoxy) is 1. The number of nitrogens with two attached hydrogens (primary N) is 1. The number of benzene rings is 3. The van der Waals surface area contributed by atoms with Crippen molar-refractivity contribution in [1.82, 2.24) is 9.78 Å². The summed E-state index contributed by atoms with van der Waals surface area (Å²) in [6.07, 6.45) is 1.23. The van der Waals surface area contributed by atoms with Gasteiger partial charge in [0.05, 0.1) is 18.4 Å². The minimum atomic E-state index is -0.772. The highest BCUT2D eigenvalue weighted by Crippen LogP contribution is 2.25. The van der Waals surface area contributed by atoms with Crippen LogP contribution in [0.15, 0.2) is 91.1 Å². The molecule has 0 fully saturated rings. The second kappa shape index (κ2) is 9.39. The number of methoxy groups -OCH3 is 1. The van der Waals surface area contributed by atoms with Gasteiger partial charge in [-0.1, -0.05) is 60.7 Å². The third-order valence-electron chi connectivity index (χ3n) is 5.12. The van der Waals surface area contributed by atoms with Crippen LogP contribution in [0, 0.1) is 0 Å². The van der Waals surface area contributed by atoms with Gasteiger partial charge in [0.15, 0.2) is 0 Å². The van der Waals surface area contributed by atoms with Crippen LogP contribution in [-0.4, -0.2) is 22.0 Å². The molecule has 1 heterocycles. The van der Waals surface area contributed by atoms with Crippen LogP contribution in [0.25, 0.3) is 5.69 Å². The Balaban J connectivity index is 1.60. The molecule has 0 aliphatic carbocycles. The van der Waals surface area contributed by atoms with Crippen LogP contribution in [0.1, 0.15) is 28.5 Å². The molecule has 3 N–H and O–H groups in total. The lowest BCUT2D eigenvalue weighted by molar-refractivity contribution is -0.686. The highest BCUT2D eigenvalue weighted by Gasteiger charge is 2.20. The zero-order valence-corrected chi connectivity index (χ0v) is 17.0. The molecular weight excluding hydrogens is 374 g/mol. The third-order valence-corrected chi connectivity index (χ3v) is 5.12. The fraction of sp³-hybridized carbons (Fsp3) is 0.160. The van der Waals surface area contributed by atoms with Crippen LogP contribution in [0.3, 0.4) is 0 Å². The maximum absolute atomic E-state index is 11.0. The molecule has 1 atom stereocenters. The second-order valence-corrected chi connectivity index (χ2v) is 7.18. The number of hydrogen-bond acceptors (Lipinski definition) is 3. The molecule has 0 saturated carbocycles. The van der Waals surface area contributed by atoms with Crippen molar-refractivity contribution in [2.24, 2.45) is 0 Å². The van der Waals surface area contributed by atoms with E-state index in [1.165, 1.54) is 5.56 Å². The fourth-order valence-electron chi connectivity index (χ4n) is 3.48. The van der Waals surface area contributed by atoms with Crippen molar-refractivity contribution in [3.8, 4) is 11.4 Å². The van der Waals surface area contributed by atoms with Gasteiger partial charge in [-0.2, -0.15) is 5.10 Å². The SMILES string of the molecule is COc1ccc(-n2cc(C[NH2+]Cc3ccccc3)c([C@H](O)c3ccccc3)n2)cc1. The molecule has 4 rings (SSSR count). The highest BCUT2D eigenvalue weighted by atomic mass is 16.5. The summed E-state index contributed by atoms with van der Waals surface area (Å²) in [6, 6.07) is 27.8. The monoisotopic (exact) mass is 400 g/mol. The number of nitrogens with zero attached hydrogens (tertiary/aromatic N) is 2. The lowest BCUT2D eigenvalue weighted by Crippen LogP contribution is -2.80. The molecule has 0 saturated heterocycles. The minimum absolute atomic E-state index is 0.682. The molecule has 30 heavy (non-hydrogen) atoms. The molecule has 0 aliphatic heterocycles. The Morgan fingerprint density at radius 1 is 0.900 bits per heavy atom. The van der Waals surface area contributed by atoms with Gasteiger partial charge < -0.3 is 15.2 Å². The van der Waals surface area contributed by atoms with Gasteiger partial charge in [-0.05, 0) is 29.8 Å². The van der Waals surface area contributed by atoms with Crippen molar-refractivity contribution < 1.29 is 15.2 Å². The van der Waals surface area contributed by atoms with E-state index in [1.54, 1.807) is 7.11 Å². The van der Waals surface area contributed by atoms with Crippen LogP contribution in [0.2, 0.25) is 0 Å². The van der Waals surface area contributed by atoms with Crippen LogP contribution in [-0.2, 0) is 13.1 Å². The number of hydrogen-bond donors (Lipinski definition) is 2. The molecule has 152 valence electrons. The molecule has 0 bridgehead atoms. The molecule has 0 unspecified atom stereocenters. The molecule has 5 nitrogen and oxygen atoms in total. The average molecular weight is 401 g/mol. The van der Waals surface area contributed by atoms with E-state index in [2.05, 4.69) is 29.6 Å². The Morgan fingerprint density at radius 3 is 2.23 bits per heavy atom. The normalized spacial score (nSPS) is 11.9. The van der Waals surface area contributed by atoms with E-state index in [9.17, 15) is 5.11 Å². The summed E-state index contributed by atoms with van der Waals surface area (Å²) in [5.74, 6) is 0.798. The van der Waals surface area contributed by atoms with Crippen molar-refractivity contribution in [3.63, 3.8) is 0 Å². The van der Waals surface area contributed by atoms with Gasteiger partial charge in [0, 0.05) is 11.8 Å². The highest BCUT2D eigenvalue weighted by molar-refractivity contribution is 5.39. The van der Waals surface area contributed by atoms with E-state index in [4.69, 9.17) is 9.84 Å². The quantitative estimate of drug-likeness (QED) is 0.477. The number of aliphatic hydroxyl groups excluding tert-OH is 1. The molecule has 4 aromatic rings. The Kier molecular flexibility index (Phi) is 6.23. The lowest BCUT2D eigenvalue weighted by Gasteiger charge is -2.10. The number of aromatic nitrogens is 2. The van der Waals surface area contributed by atoms with Crippen molar-refractivity contribution in [2.75, 3.05) is 7.11 Å². The summed E-state index contributed by atoms with van der Waals surface area (Å²) in [5.41, 5.74) is 4.72. The van der Waals surface area contributed by atoms with Gasteiger partial charge in [-0.15, -0.1) is 0 Å². The standard InChI is InChI=1S/C25H25N3O2/c1-30-23-14-12-22(13-15-23)28-18-21(17-26-16-19-8-4-2-5-9-19)24(27-28)25(29)20-10-6-3-7-11-20/h2-15,18,25-26,29H,16-17H2,1H3/p+1/t25-/m1/s1.